The van der Waals surface area contributed by atoms with Gasteiger partial charge in [-0.2, -0.15) is 0 Å². The Bertz CT molecular complexity index is 431. The highest BCUT2D eigenvalue weighted by Gasteiger charge is 2.21. The van der Waals surface area contributed by atoms with Crippen LogP contribution in [0, 0.1) is 11.6 Å². The highest BCUT2D eigenvalue weighted by atomic mass is 79.9. The van der Waals surface area contributed by atoms with Crippen molar-refractivity contribution in [1.29, 1.82) is 0 Å². The van der Waals surface area contributed by atoms with Gasteiger partial charge in [0.05, 0.1) is 4.47 Å². The third-order valence-electron chi connectivity index (χ3n) is 2.67. The van der Waals surface area contributed by atoms with Crippen molar-refractivity contribution in [2.75, 3.05) is 19.8 Å². The first-order valence-corrected chi connectivity index (χ1v) is 6.99. The van der Waals surface area contributed by atoms with E-state index in [1.165, 1.54) is 6.07 Å². The van der Waals surface area contributed by atoms with E-state index in [0.717, 1.165) is 6.07 Å². The molecule has 0 aliphatic carbocycles. The summed E-state index contributed by atoms with van der Waals surface area (Å²) < 4.78 is 56.6. The van der Waals surface area contributed by atoms with Gasteiger partial charge in [0, 0.05) is 18.2 Å². The standard InChI is InChI=1S/C13H16BrF4NO/c1-2-19-10(5-6-20-7-11(16)17)12-9(15)4-3-8(14)13(12)18/h3-4,10-11,19H,2,5-7H2,1H3. The summed E-state index contributed by atoms with van der Waals surface area (Å²) in [4.78, 5) is 0. The third-order valence-corrected chi connectivity index (χ3v) is 3.29. The second kappa shape index (κ2) is 8.59. The third kappa shape index (κ3) is 5.03. The van der Waals surface area contributed by atoms with Crippen LogP contribution in [0.2, 0.25) is 0 Å². The molecular formula is C13H16BrF4NO. The van der Waals surface area contributed by atoms with E-state index in [1.807, 2.05) is 0 Å². The van der Waals surface area contributed by atoms with Gasteiger partial charge in [-0.15, -0.1) is 0 Å². The second-order valence-electron chi connectivity index (χ2n) is 4.12. The molecule has 0 fully saturated rings. The normalized spacial score (nSPS) is 12.9. The van der Waals surface area contributed by atoms with Crippen molar-refractivity contribution in [2.45, 2.75) is 25.8 Å². The molecule has 114 valence electrons. The number of hydrogen-bond donors (Lipinski definition) is 1. The molecule has 0 aliphatic rings. The van der Waals surface area contributed by atoms with E-state index >= 15 is 0 Å². The van der Waals surface area contributed by atoms with Crippen molar-refractivity contribution >= 4 is 15.9 Å². The smallest absolute Gasteiger partial charge is 0.261 e. The Hall–Kier alpha value is -0.660. The Balaban J connectivity index is 2.78. The molecule has 1 aromatic rings. The molecule has 1 aromatic carbocycles. The lowest BCUT2D eigenvalue weighted by atomic mass is 10.0. The van der Waals surface area contributed by atoms with Gasteiger partial charge in [0.25, 0.3) is 6.43 Å². The highest BCUT2D eigenvalue weighted by Crippen LogP contribution is 2.28. The minimum atomic E-state index is -2.55. The van der Waals surface area contributed by atoms with E-state index < -0.39 is 30.7 Å². The lowest BCUT2D eigenvalue weighted by Crippen LogP contribution is -2.25. The van der Waals surface area contributed by atoms with Crippen molar-refractivity contribution in [1.82, 2.24) is 5.32 Å². The van der Waals surface area contributed by atoms with Gasteiger partial charge < -0.3 is 10.1 Å². The lowest BCUT2D eigenvalue weighted by molar-refractivity contribution is 0.0142. The summed E-state index contributed by atoms with van der Waals surface area (Å²) in [5.74, 6) is -1.37. The van der Waals surface area contributed by atoms with Crippen LogP contribution in [0.4, 0.5) is 17.6 Å². The first-order valence-electron chi connectivity index (χ1n) is 6.20. The van der Waals surface area contributed by atoms with Gasteiger partial charge in [-0.25, -0.2) is 17.6 Å². The van der Waals surface area contributed by atoms with Crippen LogP contribution in [0.1, 0.15) is 24.9 Å². The summed E-state index contributed by atoms with van der Waals surface area (Å²) in [5, 5.41) is 2.93. The maximum Gasteiger partial charge on any atom is 0.261 e. The van der Waals surface area contributed by atoms with E-state index in [0.29, 0.717) is 6.54 Å². The lowest BCUT2D eigenvalue weighted by Gasteiger charge is -2.20. The van der Waals surface area contributed by atoms with Crippen molar-refractivity contribution < 1.29 is 22.3 Å². The molecule has 0 saturated carbocycles. The molecule has 0 saturated heterocycles. The predicted molar refractivity (Wildman–Crippen MR) is 71.9 cm³/mol. The first-order chi connectivity index (χ1) is 9.47. The molecule has 20 heavy (non-hydrogen) atoms. The quantitative estimate of drug-likeness (QED) is 0.430. The predicted octanol–water partition coefficient (Wildman–Crippen LogP) is 4.05. The fourth-order valence-electron chi connectivity index (χ4n) is 1.83. The zero-order valence-electron chi connectivity index (χ0n) is 10.9. The van der Waals surface area contributed by atoms with E-state index in [9.17, 15) is 17.6 Å². The minimum absolute atomic E-state index is 0.00655. The monoisotopic (exact) mass is 357 g/mol. The number of ether oxygens (including phenoxy) is 1. The molecule has 0 amide bonds. The summed E-state index contributed by atoms with van der Waals surface area (Å²) in [6.45, 7) is 1.60. The zero-order chi connectivity index (χ0) is 15.1. The molecule has 0 aromatic heterocycles. The van der Waals surface area contributed by atoms with E-state index in [1.54, 1.807) is 6.92 Å². The molecule has 0 spiro atoms. The van der Waals surface area contributed by atoms with Crippen LogP contribution in [-0.4, -0.2) is 26.2 Å². The molecule has 0 radical (unpaired) electrons. The van der Waals surface area contributed by atoms with Gasteiger partial charge in [0.15, 0.2) is 0 Å². The molecule has 1 atom stereocenters. The fourth-order valence-corrected chi connectivity index (χ4v) is 2.18. The average molecular weight is 358 g/mol. The van der Waals surface area contributed by atoms with Crippen LogP contribution in [0.5, 0.6) is 0 Å². The average Bonchev–Trinajstić information content (AvgIpc) is 2.39. The maximum atomic E-state index is 14.0. The SMILES string of the molecule is CCNC(CCOCC(F)F)c1c(F)ccc(Br)c1F. The Morgan fingerprint density at radius 2 is 2.00 bits per heavy atom. The van der Waals surface area contributed by atoms with Crippen LogP contribution in [0.25, 0.3) is 0 Å². The fraction of sp³-hybridized carbons (Fsp3) is 0.538. The molecule has 0 heterocycles. The molecule has 7 heteroatoms. The van der Waals surface area contributed by atoms with Crippen LogP contribution in [-0.2, 0) is 4.74 Å². The molecule has 0 bridgehead atoms. The van der Waals surface area contributed by atoms with Crippen molar-refractivity contribution in [3.63, 3.8) is 0 Å². The molecule has 1 rings (SSSR count). The summed E-state index contributed by atoms with van der Waals surface area (Å²) in [6, 6.07) is 1.81. The van der Waals surface area contributed by atoms with Crippen molar-refractivity contribution in [3.05, 3.63) is 33.8 Å². The Morgan fingerprint density at radius 3 is 2.60 bits per heavy atom. The molecule has 0 aliphatic heterocycles. The summed E-state index contributed by atoms with van der Waals surface area (Å²) in [7, 11) is 0. The van der Waals surface area contributed by atoms with Gasteiger partial charge >= 0.3 is 0 Å². The summed E-state index contributed by atoms with van der Waals surface area (Å²) in [6.07, 6.45) is -2.35. The Kier molecular flexibility index (Phi) is 7.47. The van der Waals surface area contributed by atoms with Gasteiger partial charge in [0.2, 0.25) is 0 Å². The topological polar surface area (TPSA) is 21.3 Å². The minimum Gasteiger partial charge on any atom is -0.375 e. The number of alkyl halides is 2. The number of hydrogen-bond acceptors (Lipinski definition) is 2. The number of benzene rings is 1. The molecule has 2 nitrogen and oxygen atoms in total. The van der Waals surface area contributed by atoms with Gasteiger partial charge in [-0.1, -0.05) is 6.92 Å². The van der Waals surface area contributed by atoms with E-state index in [2.05, 4.69) is 21.2 Å². The summed E-state index contributed by atoms with van der Waals surface area (Å²) >= 11 is 3.00. The molecule has 1 N–H and O–H groups in total. The number of halogens is 5. The van der Waals surface area contributed by atoms with Crippen LogP contribution in [0.3, 0.4) is 0 Å². The van der Waals surface area contributed by atoms with Gasteiger partial charge in [-0.3, -0.25) is 0 Å². The molecular weight excluding hydrogens is 342 g/mol. The van der Waals surface area contributed by atoms with Gasteiger partial charge in [-0.05, 0) is 41.0 Å². The van der Waals surface area contributed by atoms with Gasteiger partial charge in [0.1, 0.15) is 18.2 Å². The first kappa shape index (κ1) is 17.4. The molecule has 1 unspecified atom stereocenters. The van der Waals surface area contributed by atoms with Crippen LogP contribution < -0.4 is 5.32 Å². The van der Waals surface area contributed by atoms with Crippen LogP contribution in [0.15, 0.2) is 16.6 Å². The summed E-state index contributed by atoms with van der Waals surface area (Å²) in [5.41, 5.74) is -0.109. The number of rotatable bonds is 8. The highest BCUT2D eigenvalue weighted by molar-refractivity contribution is 9.10. The second-order valence-corrected chi connectivity index (χ2v) is 4.98. The van der Waals surface area contributed by atoms with E-state index in [4.69, 9.17) is 4.74 Å². The van der Waals surface area contributed by atoms with E-state index in [-0.39, 0.29) is 23.1 Å². The van der Waals surface area contributed by atoms with Crippen molar-refractivity contribution in [3.8, 4) is 0 Å². The van der Waals surface area contributed by atoms with Crippen LogP contribution >= 0.6 is 15.9 Å². The Morgan fingerprint density at radius 1 is 1.30 bits per heavy atom. The maximum absolute atomic E-state index is 14.0. The number of nitrogens with one attached hydrogen (secondary N) is 1. The Labute approximate surface area is 123 Å². The largest absolute Gasteiger partial charge is 0.375 e. The van der Waals surface area contributed by atoms with Crippen molar-refractivity contribution in [2.24, 2.45) is 0 Å². The zero-order valence-corrected chi connectivity index (χ0v) is 12.5.